The van der Waals surface area contributed by atoms with Gasteiger partial charge in [0, 0.05) is 17.8 Å². The lowest BCUT2D eigenvalue weighted by molar-refractivity contribution is 0.102. The highest BCUT2D eigenvalue weighted by atomic mass is 35.5. The highest BCUT2D eigenvalue weighted by Crippen LogP contribution is 2.28. The first kappa shape index (κ1) is 19.8. The minimum atomic E-state index is -0.185. The Morgan fingerprint density at radius 2 is 1.75 bits per heavy atom. The van der Waals surface area contributed by atoms with Crippen molar-refractivity contribution in [2.24, 2.45) is 0 Å². The molecule has 0 unspecified atom stereocenters. The average Bonchev–Trinajstić information content (AvgIpc) is 2.60. The summed E-state index contributed by atoms with van der Waals surface area (Å²) >= 11 is 0. The summed E-state index contributed by atoms with van der Waals surface area (Å²) in [6, 6.07) is 12.8. The molecule has 130 valence electrons. The summed E-state index contributed by atoms with van der Waals surface area (Å²) in [6.45, 7) is 3.63. The van der Waals surface area contributed by atoms with Gasteiger partial charge in [-0.25, -0.2) is 0 Å². The molecule has 0 fully saturated rings. The molecule has 2 N–H and O–H groups in total. The molecule has 0 saturated carbocycles. The third-order valence-corrected chi connectivity index (χ3v) is 3.48. The fraction of sp³-hybridized carbons (Fsp3) is 0.278. The maximum Gasteiger partial charge on any atom is 0.255 e. The molecule has 0 aliphatic carbocycles. The van der Waals surface area contributed by atoms with Gasteiger partial charge in [-0.15, -0.1) is 12.4 Å². The number of benzene rings is 2. The van der Waals surface area contributed by atoms with Crippen molar-refractivity contribution in [3.8, 4) is 11.5 Å². The Labute approximate surface area is 148 Å². The van der Waals surface area contributed by atoms with Crippen molar-refractivity contribution in [1.82, 2.24) is 5.32 Å². The molecular weight excluding hydrogens is 328 g/mol. The molecule has 0 spiro atoms. The number of rotatable bonds is 7. The Hall–Kier alpha value is -2.24. The maximum absolute atomic E-state index is 12.5. The van der Waals surface area contributed by atoms with Gasteiger partial charge in [-0.1, -0.05) is 25.1 Å². The summed E-state index contributed by atoms with van der Waals surface area (Å²) in [5.41, 5.74) is 2.36. The highest BCUT2D eigenvalue weighted by Gasteiger charge is 2.12. The number of ether oxygens (including phenoxy) is 2. The molecule has 0 atom stereocenters. The zero-order valence-electron chi connectivity index (χ0n) is 14.1. The lowest BCUT2D eigenvalue weighted by atomic mass is 10.1. The quantitative estimate of drug-likeness (QED) is 0.802. The Morgan fingerprint density at radius 3 is 2.42 bits per heavy atom. The van der Waals surface area contributed by atoms with E-state index in [4.69, 9.17) is 9.47 Å². The number of nitrogens with one attached hydrogen (secondary N) is 2. The number of carbonyl (C=O) groups is 1. The van der Waals surface area contributed by atoms with E-state index in [9.17, 15) is 4.79 Å². The van der Waals surface area contributed by atoms with Gasteiger partial charge in [0.2, 0.25) is 0 Å². The molecule has 6 heteroatoms. The van der Waals surface area contributed by atoms with Gasteiger partial charge in [-0.2, -0.15) is 0 Å². The van der Waals surface area contributed by atoms with E-state index >= 15 is 0 Å². The van der Waals surface area contributed by atoms with Gasteiger partial charge in [0.1, 0.15) is 0 Å². The van der Waals surface area contributed by atoms with Crippen LogP contribution in [0.15, 0.2) is 42.5 Å². The number of hydrogen-bond donors (Lipinski definition) is 2. The normalized spacial score (nSPS) is 9.79. The van der Waals surface area contributed by atoms with Crippen LogP contribution in [0.25, 0.3) is 0 Å². The molecule has 2 aromatic rings. The largest absolute Gasteiger partial charge is 0.493 e. The average molecular weight is 351 g/mol. The third-order valence-electron chi connectivity index (χ3n) is 3.48. The minimum Gasteiger partial charge on any atom is -0.493 e. The zero-order valence-corrected chi connectivity index (χ0v) is 14.9. The molecule has 0 bridgehead atoms. The smallest absolute Gasteiger partial charge is 0.255 e. The number of anilines is 1. The van der Waals surface area contributed by atoms with E-state index in [1.165, 1.54) is 0 Å². The number of carbonyl (C=O) groups excluding carboxylic acids is 1. The molecule has 5 nitrogen and oxygen atoms in total. The van der Waals surface area contributed by atoms with Crippen LogP contribution < -0.4 is 20.1 Å². The van der Waals surface area contributed by atoms with Gasteiger partial charge >= 0.3 is 0 Å². The summed E-state index contributed by atoms with van der Waals surface area (Å²) in [5.74, 6) is 0.938. The van der Waals surface area contributed by atoms with Gasteiger partial charge in [-0.05, 0) is 36.4 Å². The molecule has 0 radical (unpaired) electrons. The number of para-hydroxylation sites is 1. The van der Waals surface area contributed by atoms with E-state index in [1.54, 1.807) is 32.4 Å². The van der Waals surface area contributed by atoms with Gasteiger partial charge in [0.15, 0.2) is 11.5 Å². The summed E-state index contributed by atoms with van der Waals surface area (Å²) in [5, 5.41) is 6.21. The van der Waals surface area contributed by atoms with Gasteiger partial charge in [0.05, 0.1) is 14.2 Å². The Bertz CT molecular complexity index is 677. The van der Waals surface area contributed by atoms with E-state index in [0.29, 0.717) is 23.6 Å². The number of halogens is 1. The second kappa shape index (κ2) is 9.80. The summed E-state index contributed by atoms with van der Waals surface area (Å²) in [4.78, 5) is 12.5. The van der Waals surface area contributed by atoms with E-state index in [2.05, 4.69) is 10.6 Å². The highest BCUT2D eigenvalue weighted by molar-refractivity contribution is 6.05. The van der Waals surface area contributed by atoms with Crippen molar-refractivity contribution in [1.29, 1.82) is 0 Å². The predicted octanol–water partition coefficient (Wildman–Crippen LogP) is 3.49. The zero-order chi connectivity index (χ0) is 16.7. The molecule has 0 heterocycles. The second-order valence-electron chi connectivity index (χ2n) is 4.96. The lowest BCUT2D eigenvalue weighted by Gasteiger charge is -2.13. The Balaban J connectivity index is 0.00000288. The molecule has 2 aromatic carbocycles. The summed E-state index contributed by atoms with van der Waals surface area (Å²) in [7, 11) is 3.11. The van der Waals surface area contributed by atoms with Crippen molar-refractivity contribution in [2.75, 3.05) is 26.1 Å². The van der Waals surface area contributed by atoms with Crippen molar-refractivity contribution >= 4 is 24.0 Å². The molecule has 0 aliphatic rings. The van der Waals surface area contributed by atoms with Gasteiger partial charge < -0.3 is 20.1 Å². The maximum atomic E-state index is 12.5. The lowest BCUT2D eigenvalue weighted by Crippen LogP contribution is -2.17. The number of methoxy groups -OCH3 is 2. The molecule has 0 saturated heterocycles. The van der Waals surface area contributed by atoms with Crippen LogP contribution in [-0.4, -0.2) is 26.7 Å². The monoisotopic (exact) mass is 350 g/mol. The third kappa shape index (κ3) is 4.88. The molecule has 24 heavy (non-hydrogen) atoms. The standard InChI is InChI=1S/C18H22N2O3.ClH/c1-4-19-12-14-7-5-6-8-15(14)20-18(21)13-9-10-16(22-2)17(11-13)23-3;/h5-11,19H,4,12H2,1-3H3,(H,20,21);1H. The summed E-state index contributed by atoms with van der Waals surface area (Å²) in [6.07, 6.45) is 0. The summed E-state index contributed by atoms with van der Waals surface area (Å²) < 4.78 is 10.4. The van der Waals surface area contributed by atoms with Gasteiger partial charge in [-0.3, -0.25) is 4.79 Å². The first-order chi connectivity index (χ1) is 11.2. The minimum absolute atomic E-state index is 0. The molecular formula is C18H23ClN2O3. The van der Waals surface area contributed by atoms with E-state index in [-0.39, 0.29) is 18.3 Å². The van der Waals surface area contributed by atoms with Crippen LogP contribution in [0.5, 0.6) is 11.5 Å². The van der Waals surface area contributed by atoms with Crippen molar-refractivity contribution in [3.63, 3.8) is 0 Å². The van der Waals surface area contributed by atoms with E-state index < -0.39 is 0 Å². The van der Waals surface area contributed by atoms with Crippen LogP contribution in [0.3, 0.4) is 0 Å². The topological polar surface area (TPSA) is 59.6 Å². The number of amides is 1. The molecule has 2 rings (SSSR count). The van der Waals surface area contributed by atoms with E-state index in [1.807, 2.05) is 31.2 Å². The van der Waals surface area contributed by atoms with Crippen LogP contribution in [0, 0.1) is 0 Å². The first-order valence-electron chi connectivity index (χ1n) is 7.51. The van der Waals surface area contributed by atoms with E-state index in [0.717, 1.165) is 17.8 Å². The Kier molecular flexibility index (Phi) is 8.09. The van der Waals surface area contributed by atoms with Crippen molar-refractivity contribution < 1.29 is 14.3 Å². The van der Waals surface area contributed by atoms with Gasteiger partial charge in [0.25, 0.3) is 5.91 Å². The number of hydrogen-bond acceptors (Lipinski definition) is 4. The van der Waals surface area contributed by atoms with Crippen LogP contribution in [0.2, 0.25) is 0 Å². The van der Waals surface area contributed by atoms with Crippen LogP contribution in [0.1, 0.15) is 22.8 Å². The van der Waals surface area contributed by atoms with Crippen molar-refractivity contribution in [3.05, 3.63) is 53.6 Å². The first-order valence-corrected chi connectivity index (χ1v) is 7.51. The van der Waals surface area contributed by atoms with Crippen LogP contribution in [0.4, 0.5) is 5.69 Å². The second-order valence-corrected chi connectivity index (χ2v) is 4.96. The van der Waals surface area contributed by atoms with Crippen LogP contribution in [-0.2, 0) is 6.54 Å². The Morgan fingerprint density at radius 1 is 1.04 bits per heavy atom. The van der Waals surface area contributed by atoms with Crippen molar-refractivity contribution in [2.45, 2.75) is 13.5 Å². The fourth-order valence-electron chi connectivity index (χ4n) is 2.23. The molecule has 1 amide bonds. The molecule has 0 aromatic heterocycles. The predicted molar refractivity (Wildman–Crippen MR) is 98.6 cm³/mol. The van der Waals surface area contributed by atoms with Crippen LogP contribution >= 0.6 is 12.4 Å². The fourth-order valence-corrected chi connectivity index (χ4v) is 2.23. The molecule has 0 aliphatic heterocycles. The SMILES string of the molecule is CCNCc1ccccc1NC(=O)c1ccc(OC)c(OC)c1.Cl.